The zero-order chi connectivity index (χ0) is 13.1. The van der Waals surface area contributed by atoms with Crippen LogP contribution in [0.4, 0.5) is 0 Å². The quantitative estimate of drug-likeness (QED) is 0.889. The Morgan fingerprint density at radius 2 is 2.42 bits per heavy atom. The molecule has 1 aromatic carbocycles. The molecule has 0 radical (unpaired) electrons. The number of fused-ring (bicyclic) bond motifs is 1. The van der Waals surface area contributed by atoms with Crippen LogP contribution in [0.15, 0.2) is 30.6 Å². The number of nitrogens with one attached hydrogen (secondary N) is 2. The summed E-state index contributed by atoms with van der Waals surface area (Å²) in [6.07, 6.45) is 5.80. The van der Waals surface area contributed by atoms with E-state index in [1.165, 1.54) is 11.1 Å². The number of aryl methyl sites for hydroxylation is 1. The molecule has 0 saturated carbocycles. The zero-order valence-corrected chi connectivity index (χ0v) is 11.1. The van der Waals surface area contributed by atoms with E-state index in [-0.39, 0.29) is 0 Å². The maximum absolute atomic E-state index is 5.88. The summed E-state index contributed by atoms with van der Waals surface area (Å²) in [6, 6.07) is 6.70. The van der Waals surface area contributed by atoms with Crippen molar-refractivity contribution in [1.29, 1.82) is 0 Å². The van der Waals surface area contributed by atoms with Gasteiger partial charge in [-0.1, -0.05) is 18.2 Å². The van der Waals surface area contributed by atoms with Crippen molar-refractivity contribution in [3.63, 3.8) is 0 Å². The van der Waals surface area contributed by atoms with Gasteiger partial charge in [0.2, 0.25) is 0 Å². The molecule has 1 aliphatic rings. The van der Waals surface area contributed by atoms with Gasteiger partial charge in [0.15, 0.2) is 0 Å². The number of nitrogens with zero attached hydrogens (tertiary/aromatic N) is 1. The largest absolute Gasteiger partial charge is 0.493 e. The Balaban J connectivity index is 1.80. The number of rotatable bonds is 3. The molecular formula is C15H19N3O. The fourth-order valence-corrected chi connectivity index (χ4v) is 2.59. The Labute approximate surface area is 113 Å². The van der Waals surface area contributed by atoms with Crippen LogP contribution in [-0.2, 0) is 6.54 Å². The Bertz CT molecular complexity index is 536. The molecule has 1 aromatic heterocycles. The average Bonchev–Trinajstić information content (AvgIpc) is 2.84. The van der Waals surface area contributed by atoms with Crippen molar-refractivity contribution >= 4 is 0 Å². The summed E-state index contributed by atoms with van der Waals surface area (Å²) in [5.41, 5.74) is 2.48. The van der Waals surface area contributed by atoms with Crippen molar-refractivity contribution in [2.75, 3.05) is 6.61 Å². The van der Waals surface area contributed by atoms with Gasteiger partial charge in [-0.3, -0.25) is 0 Å². The van der Waals surface area contributed by atoms with Crippen LogP contribution in [0.5, 0.6) is 5.75 Å². The predicted molar refractivity (Wildman–Crippen MR) is 74.1 cm³/mol. The number of aromatic amines is 1. The first-order valence-corrected chi connectivity index (χ1v) is 6.78. The number of hydrogen-bond donors (Lipinski definition) is 2. The van der Waals surface area contributed by atoms with Crippen LogP contribution in [0.3, 0.4) is 0 Å². The van der Waals surface area contributed by atoms with Crippen molar-refractivity contribution in [3.8, 4) is 5.75 Å². The van der Waals surface area contributed by atoms with E-state index in [0.29, 0.717) is 6.04 Å². The highest BCUT2D eigenvalue weighted by molar-refractivity contribution is 5.43. The number of ether oxygens (including phenoxy) is 1. The van der Waals surface area contributed by atoms with Crippen molar-refractivity contribution in [1.82, 2.24) is 15.3 Å². The molecule has 2 aromatic rings. The molecule has 4 heteroatoms. The topological polar surface area (TPSA) is 49.9 Å². The SMILES string of the molecule is Cc1cccc2c1OCCCC2NCc1ncc[nH]1. The molecule has 3 rings (SSSR count). The Kier molecular flexibility index (Phi) is 3.51. The van der Waals surface area contributed by atoms with Crippen molar-refractivity contribution in [2.24, 2.45) is 0 Å². The molecular weight excluding hydrogens is 238 g/mol. The number of para-hydroxylation sites is 1. The first-order valence-electron chi connectivity index (χ1n) is 6.78. The minimum Gasteiger partial charge on any atom is -0.493 e. The van der Waals surface area contributed by atoms with Gasteiger partial charge in [-0.25, -0.2) is 4.98 Å². The van der Waals surface area contributed by atoms with Crippen LogP contribution >= 0.6 is 0 Å². The lowest BCUT2D eigenvalue weighted by atomic mass is 10.00. The summed E-state index contributed by atoms with van der Waals surface area (Å²) < 4.78 is 5.88. The van der Waals surface area contributed by atoms with Gasteiger partial charge in [0, 0.05) is 24.0 Å². The van der Waals surface area contributed by atoms with Gasteiger partial charge in [-0.2, -0.15) is 0 Å². The van der Waals surface area contributed by atoms with E-state index in [2.05, 4.69) is 40.4 Å². The molecule has 0 bridgehead atoms. The maximum Gasteiger partial charge on any atom is 0.126 e. The fraction of sp³-hybridized carbons (Fsp3) is 0.400. The van der Waals surface area contributed by atoms with E-state index >= 15 is 0 Å². The average molecular weight is 257 g/mol. The monoisotopic (exact) mass is 257 g/mol. The van der Waals surface area contributed by atoms with Gasteiger partial charge in [0.25, 0.3) is 0 Å². The number of H-pyrrole nitrogens is 1. The highest BCUT2D eigenvalue weighted by Gasteiger charge is 2.20. The molecule has 0 amide bonds. The third kappa shape index (κ3) is 2.63. The second kappa shape index (κ2) is 5.45. The molecule has 100 valence electrons. The van der Waals surface area contributed by atoms with E-state index in [9.17, 15) is 0 Å². The number of aromatic nitrogens is 2. The highest BCUT2D eigenvalue weighted by Crippen LogP contribution is 2.33. The minimum atomic E-state index is 0.336. The summed E-state index contributed by atoms with van der Waals surface area (Å²) in [4.78, 5) is 7.37. The standard InChI is InChI=1S/C15H19N3O/c1-11-4-2-5-12-13(6-3-9-19-15(11)12)18-10-14-16-7-8-17-14/h2,4-5,7-8,13,18H,3,6,9-10H2,1H3,(H,16,17). The smallest absolute Gasteiger partial charge is 0.126 e. The van der Waals surface area contributed by atoms with Crippen molar-refractivity contribution < 1.29 is 4.74 Å². The number of benzene rings is 1. The van der Waals surface area contributed by atoms with Crippen molar-refractivity contribution in [2.45, 2.75) is 32.4 Å². The van der Waals surface area contributed by atoms with Crippen molar-refractivity contribution in [3.05, 3.63) is 47.5 Å². The summed E-state index contributed by atoms with van der Waals surface area (Å²) in [6.45, 7) is 3.66. The summed E-state index contributed by atoms with van der Waals surface area (Å²) in [5, 5.41) is 3.57. The van der Waals surface area contributed by atoms with Gasteiger partial charge in [-0.05, 0) is 25.3 Å². The molecule has 4 nitrogen and oxygen atoms in total. The predicted octanol–water partition coefficient (Wildman–Crippen LogP) is 2.72. The first-order chi connectivity index (χ1) is 9.34. The van der Waals surface area contributed by atoms with E-state index in [4.69, 9.17) is 4.74 Å². The molecule has 1 aliphatic heterocycles. The fourth-order valence-electron chi connectivity index (χ4n) is 2.59. The second-order valence-electron chi connectivity index (χ2n) is 4.95. The third-order valence-corrected chi connectivity index (χ3v) is 3.57. The lowest BCUT2D eigenvalue weighted by Gasteiger charge is -2.18. The molecule has 0 fully saturated rings. The maximum atomic E-state index is 5.88. The Morgan fingerprint density at radius 1 is 1.47 bits per heavy atom. The van der Waals surface area contributed by atoms with Crippen LogP contribution < -0.4 is 10.1 Å². The Morgan fingerprint density at radius 3 is 3.26 bits per heavy atom. The summed E-state index contributed by atoms with van der Waals surface area (Å²) in [7, 11) is 0. The molecule has 19 heavy (non-hydrogen) atoms. The molecule has 0 spiro atoms. The van der Waals surface area contributed by atoms with Gasteiger partial charge in [0.05, 0.1) is 13.2 Å². The third-order valence-electron chi connectivity index (χ3n) is 3.57. The van der Waals surface area contributed by atoms with E-state index in [0.717, 1.165) is 37.6 Å². The summed E-state index contributed by atoms with van der Waals surface area (Å²) >= 11 is 0. The summed E-state index contributed by atoms with van der Waals surface area (Å²) in [5.74, 6) is 2.02. The normalized spacial score (nSPS) is 18.5. The van der Waals surface area contributed by atoms with E-state index in [1.807, 2.05) is 6.20 Å². The van der Waals surface area contributed by atoms with Gasteiger partial charge < -0.3 is 15.0 Å². The Hall–Kier alpha value is -1.81. The van der Waals surface area contributed by atoms with E-state index < -0.39 is 0 Å². The lowest BCUT2D eigenvalue weighted by molar-refractivity contribution is 0.313. The van der Waals surface area contributed by atoms with Crippen LogP contribution in [0, 0.1) is 6.92 Å². The molecule has 1 atom stereocenters. The molecule has 0 saturated heterocycles. The molecule has 1 unspecified atom stereocenters. The van der Waals surface area contributed by atoms with Crippen LogP contribution in [0.1, 0.15) is 35.8 Å². The molecule has 2 N–H and O–H groups in total. The van der Waals surface area contributed by atoms with Gasteiger partial charge >= 0.3 is 0 Å². The van der Waals surface area contributed by atoms with Crippen LogP contribution in [-0.4, -0.2) is 16.6 Å². The minimum absolute atomic E-state index is 0.336. The second-order valence-corrected chi connectivity index (χ2v) is 4.95. The van der Waals surface area contributed by atoms with Crippen LogP contribution in [0.25, 0.3) is 0 Å². The highest BCUT2D eigenvalue weighted by atomic mass is 16.5. The zero-order valence-electron chi connectivity index (χ0n) is 11.1. The van der Waals surface area contributed by atoms with Gasteiger partial charge in [0.1, 0.15) is 11.6 Å². The van der Waals surface area contributed by atoms with E-state index in [1.54, 1.807) is 6.20 Å². The molecule has 2 heterocycles. The molecule has 0 aliphatic carbocycles. The number of hydrogen-bond acceptors (Lipinski definition) is 3. The van der Waals surface area contributed by atoms with Gasteiger partial charge in [-0.15, -0.1) is 0 Å². The first kappa shape index (κ1) is 12.2. The van der Waals surface area contributed by atoms with Crippen LogP contribution in [0.2, 0.25) is 0 Å². The number of imidazole rings is 1. The lowest BCUT2D eigenvalue weighted by Crippen LogP contribution is -2.21.